The Bertz CT molecular complexity index is 1320. The molecular weight excluding hydrogens is 406 g/mol. The number of aromatic nitrogens is 2. The molecule has 31 heavy (non-hydrogen) atoms. The Labute approximate surface area is 185 Å². The number of para-hydroxylation sites is 1. The van der Waals surface area contributed by atoms with Crippen LogP contribution in [0.3, 0.4) is 0 Å². The molecule has 4 rings (SSSR count). The molecule has 6 heteroatoms. The Balaban J connectivity index is 1.66. The second kappa shape index (κ2) is 8.47. The van der Waals surface area contributed by atoms with Crippen LogP contribution in [-0.2, 0) is 11.3 Å². The van der Waals surface area contributed by atoms with Crippen LogP contribution in [0.25, 0.3) is 20.7 Å². The summed E-state index contributed by atoms with van der Waals surface area (Å²) in [5.41, 5.74) is 4.68. The minimum Gasteiger partial charge on any atom is -0.324 e. The molecule has 0 spiro atoms. The molecule has 1 N–H and O–H groups in total. The van der Waals surface area contributed by atoms with E-state index >= 15 is 0 Å². The van der Waals surface area contributed by atoms with Crippen LogP contribution in [-0.4, -0.2) is 15.5 Å². The van der Waals surface area contributed by atoms with Crippen molar-refractivity contribution in [3.05, 3.63) is 81.9 Å². The largest absolute Gasteiger partial charge is 0.324 e. The van der Waals surface area contributed by atoms with Gasteiger partial charge in [0.1, 0.15) is 11.4 Å². The van der Waals surface area contributed by atoms with Gasteiger partial charge in [-0.05, 0) is 42.0 Å². The number of aryl methyl sites for hydroxylation is 2. The minimum atomic E-state index is -0.240. The summed E-state index contributed by atoms with van der Waals surface area (Å²) >= 11 is 1.50. The van der Waals surface area contributed by atoms with Crippen molar-refractivity contribution in [2.75, 3.05) is 5.32 Å². The Kier molecular flexibility index (Phi) is 5.74. The topological polar surface area (TPSA) is 64.0 Å². The first kappa shape index (κ1) is 21.0. The maximum Gasteiger partial charge on any atom is 0.262 e. The maximum atomic E-state index is 13.2. The maximum absolute atomic E-state index is 13.2. The summed E-state index contributed by atoms with van der Waals surface area (Å²) in [4.78, 5) is 32.2. The summed E-state index contributed by atoms with van der Waals surface area (Å²) in [7, 11) is 0. The van der Waals surface area contributed by atoms with Gasteiger partial charge in [0.25, 0.3) is 5.56 Å². The fourth-order valence-electron chi connectivity index (χ4n) is 3.81. The molecule has 1 amide bonds. The number of carbonyl (C=O) groups is 1. The second-order valence-electron chi connectivity index (χ2n) is 8.02. The average Bonchev–Trinajstić information content (AvgIpc) is 3.09. The molecule has 2 aromatic carbocycles. The molecule has 2 aromatic heterocycles. The summed E-state index contributed by atoms with van der Waals surface area (Å²) in [6.45, 7) is 8.02. The van der Waals surface area contributed by atoms with E-state index in [9.17, 15) is 9.59 Å². The molecule has 0 aliphatic rings. The number of carbonyl (C=O) groups excluding carboxylic acids is 1. The Morgan fingerprint density at radius 3 is 2.55 bits per heavy atom. The van der Waals surface area contributed by atoms with Gasteiger partial charge in [-0.3, -0.25) is 14.2 Å². The number of amides is 1. The molecule has 0 bridgehead atoms. The molecule has 0 saturated carbocycles. The van der Waals surface area contributed by atoms with Gasteiger partial charge in [0.05, 0.1) is 11.7 Å². The van der Waals surface area contributed by atoms with Gasteiger partial charge in [-0.2, -0.15) is 0 Å². The van der Waals surface area contributed by atoms with Crippen LogP contribution in [0, 0.1) is 13.8 Å². The lowest BCUT2D eigenvalue weighted by Gasteiger charge is -2.16. The lowest BCUT2D eigenvalue weighted by atomic mass is 9.98. The van der Waals surface area contributed by atoms with Gasteiger partial charge in [0.2, 0.25) is 5.91 Å². The third-order valence-corrected chi connectivity index (χ3v) is 6.71. The smallest absolute Gasteiger partial charge is 0.262 e. The molecule has 4 aromatic rings. The van der Waals surface area contributed by atoms with E-state index in [1.807, 2.05) is 62.4 Å². The molecular formula is C25H25N3O2S. The molecule has 2 heterocycles. The van der Waals surface area contributed by atoms with E-state index in [2.05, 4.69) is 24.1 Å². The third kappa shape index (κ3) is 4.03. The molecule has 0 aliphatic heterocycles. The number of benzene rings is 2. The minimum absolute atomic E-state index is 0.0798. The van der Waals surface area contributed by atoms with E-state index in [0.29, 0.717) is 10.2 Å². The van der Waals surface area contributed by atoms with Crippen molar-refractivity contribution in [2.24, 2.45) is 0 Å². The van der Waals surface area contributed by atoms with Crippen LogP contribution < -0.4 is 10.9 Å². The van der Waals surface area contributed by atoms with Crippen molar-refractivity contribution in [1.82, 2.24) is 9.55 Å². The van der Waals surface area contributed by atoms with Crippen molar-refractivity contribution in [3.8, 4) is 10.4 Å². The van der Waals surface area contributed by atoms with Crippen molar-refractivity contribution >= 4 is 33.1 Å². The zero-order valence-corrected chi connectivity index (χ0v) is 18.9. The SMILES string of the molecule is Cc1cccc(C(C)C)c1NC(=O)Cn1cnc2sc(-c3ccccc3)c(C)c2c1=O. The summed E-state index contributed by atoms with van der Waals surface area (Å²) in [5, 5.41) is 3.59. The highest BCUT2D eigenvalue weighted by atomic mass is 32.1. The predicted molar refractivity (Wildman–Crippen MR) is 128 cm³/mol. The van der Waals surface area contributed by atoms with E-state index in [0.717, 1.165) is 32.8 Å². The quantitative estimate of drug-likeness (QED) is 0.453. The van der Waals surface area contributed by atoms with Crippen molar-refractivity contribution in [1.29, 1.82) is 0 Å². The highest BCUT2D eigenvalue weighted by Crippen LogP contribution is 2.35. The first-order valence-electron chi connectivity index (χ1n) is 10.3. The first-order valence-corrected chi connectivity index (χ1v) is 11.1. The summed E-state index contributed by atoms with van der Waals surface area (Å²) in [6.07, 6.45) is 1.47. The summed E-state index contributed by atoms with van der Waals surface area (Å²) in [5.74, 6) is 0.0384. The van der Waals surface area contributed by atoms with Crippen LogP contribution in [0.1, 0.15) is 36.5 Å². The molecule has 0 fully saturated rings. The van der Waals surface area contributed by atoms with Gasteiger partial charge in [-0.15, -0.1) is 11.3 Å². The number of nitrogens with zero attached hydrogens (tertiary/aromatic N) is 2. The average molecular weight is 432 g/mol. The highest BCUT2D eigenvalue weighted by molar-refractivity contribution is 7.22. The number of rotatable bonds is 5. The van der Waals surface area contributed by atoms with Gasteiger partial charge in [-0.25, -0.2) is 4.98 Å². The fourth-order valence-corrected chi connectivity index (χ4v) is 4.96. The molecule has 0 radical (unpaired) electrons. The molecule has 0 unspecified atom stereocenters. The van der Waals surface area contributed by atoms with Gasteiger partial charge < -0.3 is 5.32 Å². The lowest BCUT2D eigenvalue weighted by molar-refractivity contribution is -0.116. The number of hydrogen-bond acceptors (Lipinski definition) is 4. The molecule has 158 valence electrons. The van der Waals surface area contributed by atoms with Crippen LogP contribution in [0.15, 0.2) is 59.7 Å². The number of hydrogen-bond donors (Lipinski definition) is 1. The van der Waals surface area contributed by atoms with E-state index in [1.54, 1.807) is 0 Å². The number of anilines is 1. The molecule has 0 saturated heterocycles. The zero-order chi connectivity index (χ0) is 22.1. The van der Waals surface area contributed by atoms with Gasteiger partial charge in [0.15, 0.2) is 0 Å². The summed E-state index contributed by atoms with van der Waals surface area (Å²) < 4.78 is 1.39. The number of nitrogens with one attached hydrogen (secondary N) is 1. The van der Waals surface area contributed by atoms with Crippen LogP contribution >= 0.6 is 11.3 Å². The first-order chi connectivity index (χ1) is 14.9. The van der Waals surface area contributed by atoms with Gasteiger partial charge in [0, 0.05) is 10.6 Å². The van der Waals surface area contributed by atoms with Gasteiger partial charge >= 0.3 is 0 Å². The second-order valence-corrected chi connectivity index (χ2v) is 9.02. The van der Waals surface area contributed by atoms with Crippen LogP contribution in [0.4, 0.5) is 5.69 Å². The lowest BCUT2D eigenvalue weighted by Crippen LogP contribution is -2.28. The van der Waals surface area contributed by atoms with E-state index in [1.165, 1.54) is 22.2 Å². The Morgan fingerprint density at radius 2 is 1.84 bits per heavy atom. The zero-order valence-electron chi connectivity index (χ0n) is 18.1. The highest BCUT2D eigenvalue weighted by Gasteiger charge is 2.17. The Morgan fingerprint density at radius 1 is 1.10 bits per heavy atom. The third-order valence-electron chi connectivity index (χ3n) is 5.46. The van der Waals surface area contributed by atoms with E-state index in [4.69, 9.17) is 0 Å². The molecule has 0 atom stereocenters. The van der Waals surface area contributed by atoms with Crippen LogP contribution in [0.2, 0.25) is 0 Å². The predicted octanol–water partition coefficient (Wildman–Crippen LogP) is 5.50. The standard InChI is InChI=1S/C25H25N3O2S/c1-15(2)19-12-8-9-16(3)22(19)27-20(29)13-28-14-26-24-21(25(28)30)17(4)23(31-24)18-10-6-5-7-11-18/h5-12,14-15H,13H2,1-4H3,(H,27,29). The van der Waals surface area contributed by atoms with Crippen molar-refractivity contribution in [3.63, 3.8) is 0 Å². The van der Waals surface area contributed by atoms with Crippen LogP contribution in [0.5, 0.6) is 0 Å². The monoisotopic (exact) mass is 431 g/mol. The van der Waals surface area contributed by atoms with Gasteiger partial charge in [-0.1, -0.05) is 62.4 Å². The van der Waals surface area contributed by atoms with Crippen molar-refractivity contribution in [2.45, 2.75) is 40.2 Å². The van der Waals surface area contributed by atoms with Crippen molar-refractivity contribution < 1.29 is 4.79 Å². The summed E-state index contributed by atoms with van der Waals surface area (Å²) in [6, 6.07) is 16.0. The Hall–Kier alpha value is -3.25. The normalized spacial score (nSPS) is 11.3. The van der Waals surface area contributed by atoms with E-state index in [-0.39, 0.29) is 23.9 Å². The number of fused-ring (bicyclic) bond motifs is 1. The van der Waals surface area contributed by atoms with E-state index < -0.39 is 0 Å². The molecule has 5 nitrogen and oxygen atoms in total. The number of thiophene rings is 1. The fraction of sp³-hybridized carbons (Fsp3) is 0.240. The molecule has 0 aliphatic carbocycles.